The van der Waals surface area contributed by atoms with Crippen LogP contribution in [0.1, 0.15) is 51.4 Å². The Balaban J connectivity index is 0.00000192. The first-order chi connectivity index (χ1) is 10.8. The maximum Gasteiger partial charge on any atom is 0.242 e. The normalized spacial score (nSPS) is 27.3. The van der Waals surface area contributed by atoms with Crippen molar-refractivity contribution in [3.8, 4) is 0 Å². The number of carbonyl (C=O) groups excluding carboxylic acids is 2. The number of halogens is 1. The number of nitrogens with zero attached hydrogens (tertiary/aromatic N) is 2. The first kappa shape index (κ1) is 18.5. The van der Waals surface area contributed by atoms with Crippen LogP contribution < -0.4 is 5.32 Å². The zero-order valence-corrected chi connectivity index (χ0v) is 14.8. The first-order valence-corrected chi connectivity index (χ1v) is 9.04. The molecule has 0 aromatic rings. The molecule has 6 heteroatoms. The quantitative estimate of drug-likeness (QED) is 0.831. The van der Waals surface area contributed by atoms with Gasteiger partial charge in [0.05, 0.1) is 6.54 Å². The zero-order valence-electron chi connectivity index (χ0n) is 14.0. The van der Waals surface area contributed by atoms with Gasteiger partial charge >= 0.3 is 0 Å². The molecule has 1 N–H and O–H groups in total. The van der Waals surface area contributed by atoms with Crippen molar-refractivity contribution in [3.05, 3.63) is 0 Å². The number of amides is 2. The maximum atomic E-state index is 12.7. The van der Waals surface area contributed by atoms with Crippen molar-refractivity contribution in [1.82, 2.24) is 15.1 Å². The highest BCUT2D eigenvalue weighted by Gasteiger charge is 2.34. The van der Waals surface area contributed by atoms with Gasteiger partial charge in [-0.25, -0.2) is 0 Å². The standard InChI is InChI=1S/C17H29N3O2.ClH/c21-16-13-19(17(22)14-5-4-9-18-10-8-14)11-12-20(16)15-6-2-1-3-7-15;/h14-15,18H,1-13H2;1H. The molecule has 3 fully saturated rings. The summed E-state index contributed by atoms with van der Waals surface area (Å²) in [5, 5.41) is 3.35. The molecule has 0 radical (unpaired) electrons. The van der Waals surface area contributed by atoms with Gasteiger partial charge in [0.15, 0.2) is 0 Å². The molecular formula is C17H30ClN3O2. The van der Waals surface area contributed by atoms with Crippen LogP contribution in [0.15, 0.2) is 0 Å². The summed E-state index contributed by atoms with van der Waals surface area (Å²) in [7, 11) is 0. The lowest BCUT2D eigenvalue weighted by atomic mass is 9.93. The molecule has 23 heavy (non-hydrogen) atoms. The van der Waals surface area contributed by atoms with E-state index in [2.05, 4.69) is 10.2 Å². The summed E-state index contributed by atoms with van der Waals surface area (Å²) in [6, 6.07) is 0.431. The number of nitrogens with one attached hydrogen (secondary N) is 1. The second-order valence-corrected chi connectivity index (χ2v) is 7.02. The molecular weight excluding hydrogens is 314 g/mol. The zero-order chi connectivity index (χ0) is 15.4. The Morgan fingerprint density at radius 3 is 2.48 bits per heavy atom. The van der Waals surface area contributed by atoms with Gasteiger partial charge in [0.2, 0.25) is 11.8 Å². The molecule has 2 amide bonds. The van der Waals surface area contributed by atoms with Crippen molar-refractivity contribution in [3.63, 3.8) is 0 Å². The van der Waals surface area contributed by atoms with Crippen molar-refractivity contribution < 1.29 is 9.59 Å². The molecule has 3 aliphatic rings. The van der Waals surface area contributed by atoms with Crippen molar-refractivity contribution >= 4 is 24.2 Å². The van der Waals surface area contributed by atoms with Gasteiger partial charge in [-0.15, -0.1) is 12.4 Å². The van der Waals surface area contributed by atoms with Crippen LogP contribution in [0.25, 0.3) is 0 Å². The molecule has 132 valence electrons. The minimum absolute atomic E-state index is 0. The van der Waals surface area contributed by atoms with E-state index in [4.69, 9.17) is 0 Å². The van der Waals surface area contributed by atoms with Crippen LogP contribution in [0.5, 0.6) is 0 Å². The average molecular weight is 344 g/mol. The summed E-state index contributed by atoms with van der Waals surface area (Å²) in [5.41, 5.74) is 0. The van der Waals surface area contributed by atoms with Crippen molar-refractivity contribution in [2.24, 2.45) is 5.92 Å². The summed E-state index contributed by atoms with van der Waals surface area (Å²) < 4.78 is 0. The largest absolute Gasteiger partial charge is 0.336 e. The predicted octanol–water partition coefficient (Wildman–Crippen LogP) is 1.80. The van der Waals surface area contributed by atoms with Crippen LogP contribution in [0.2, 0.25) is 0 Å². The highest BCUT2D eigenvalue weighted by Crippen LogP contribution is 2.25. The van der Waals surface area contributed by atoms with Crippen LogP contribution in [0.3, 0.4) is 0 Å². The number of rotatable bonds is 2. The van der Waals surface area contributed by atoms with E-state index >= 15 is 0 Å². The summed E-state index contributed by atoms with van der Waals surface area (Å²) in [4.78, 5) is 29.0. The fraction of sp³-hybridized carbons (Fsp3) is 0.882. The third-order valence-electron chi connectivity index (χ3n) is 5.51. The van der Waals surface area contributed by atoms with E-state index in [9.17, 15) is 9.59 Å². The maximum absolute atomic E-state index is 12.7. The second-order valence-electron chi connectivity index (χ2n) is 7.02. The van der Waals surface area contributed by atoms with Crippen molar-refractivity contribution in [2.75, 3.05) is 32.7 Å². The lowest BCUT2D eigenvalue weighted by Crippen LogP contribution is -2.56. The van der Waals surface area contributed by atoms with Gasteiger partial charge in [-0.3, -0.25) is 9.59 Å². The average Bonchev–Trinajstić information content (AvgIpc) is 2.84. The highest BCUT2D eigenvalue weighted by atomic mass is 35.5. The number of hydrogen-bond donors (Lipinski definition) is 1. The molecule has 1 unspecified atom stereocenters. The Hall–Kier alpha value is -0.810. The molecule has 0 spiro atoms. The number of piperazine rings is 1. The summed E-state index contributed by atoms with van der Waals surface area (Å²) in [6.45, 7) is 3.70. The number of carbonyl (C=O) groups is 2. The summed E-state index contributed by atoms with van der Waals surface area (Å²) in [5.74, 6) is 0.489. The summed E-state index contributed by atoms with van der Waals surface area (Å²) >= 11 is 0. The van der Waals surface area contributed by atoms with E-state index in [1.807, 2.05) is 4.90 Å². The molecule has 0 bridgehead atoms. The Morgan fingerprint density at radius 1 is 0.957 bits per heavy atom. The van der Waals surface area contributed by atoms with Crippen LogP contribution in [-0.4, -0.2) is 60.4 Å². The second kappa shape index (κ2) is 8.88. The lowest BCUT2D eigenvalue weighted by molar-refractivity contribution is -0.149. The molecule has 5 nitrogen and oxygen atoms in total. The third kappa shape index (κ3) is 4.60. The van der Waals surface area contributed by atoms with E-state index in [-0.39, 0.29) is 30.1 Å². The fourth-order valence-electron chi connectivity index (χ4n) is 4.18. The van der Waals surface area contributed by atoms with Crippen molar-refractivity contribution in [2.45, 2.75) is 57.4 Å². The van der Waals surface area contributed by atoms with Gasteiger partial charge in [0, 0.05) is 25.0 Å². The van der Waals surface area contributed by atoms with Crippen LogP contribution >= 0.6 is 12.4 Å². The molecule has 0 aromatic carbocycles. The van der Waals surface area contributed by atoms with E-state index in [0.29, 0.717) is 12.6 Å². The number of hydrogen-bond acceptors (Lipinski definition) is 3. The van der Waals surface area contributed by atoms with Gasteiger partial charge in [-0.05, 0) is 45.2 Å². The Labute approximate surface area is 145 Å². The monoisotopic (exact) mass is 343 g/mol. The fourth-order valence-corrected chi connectivity index (χ4v) is 4.18. The molecule has 2 heterocycles. The van der Waals surface area contributed by atoms with Crippen LogP contribution in [0, 0.1) is 5.92 Å². The van der Waals surface area contributed by atoms with Gasteiger partial charge < -0.3 is 15.1 Å². The van der Waals surface area contributed by atoms with E-state index in [1.165, 1.54) is 19.3 Å². The molecule has 3 rings (SSSR count). The third-order valence-corrected chi connectivity index (χ3v) is 5.51. The van der Waals surface area contributed by atoms with E-state index in [1.54, 1.807) is 0 Å². The minimum Gasteiger partial charge on any atom is -0.336 e. The van der Waals surface area contributed by atoms with Crippen LogP contribution in [-0.2, 0) is 9.59 Å². The van der Waals surface area contributed by atoms with E-state index in [0.717, 1.165) is 58.3 Å². The smallest absolute Gasteiger partial charge is 0.242 e. The Kier molecular flexibility index (Phi) is 7.15. The van der Waals surface area contributed by atoms with E-state index < -0.39 is 0 Å². The van der Waals surface area contributed by atoms with Gasteiger partial charge in [-0.1, -0.05) is 19.3 Å². The Morgan fingerprint density at radius 2 is 1.74 bits per heavy atom. The van der Waals surface area contributed by atoms with Crippen LogP contribution in [0.4, 0.5) is 0 Å². The minimum atomic E-state index is 0. The van der Waals surface area contributed by atoms with Crippen molar-refractivity contribution in [1.29, 1.82) is 0 Å². The Bertz CT molecular complexity index is 405. The molecule has 0 aromatic heterocycles. The van der Waals surface area contributed by atoms with Gasteiger partial charge in [0.1, 0.15) is 0 Å². The first-order valence-electron chi connectivity index (χ1n) is 9.04. The SMILES string of the molecule is Cl.O=C(C1CCCNCC1)N1CCN(C2CCCCC2)C(=O)C1. The lowest BCUT2D eigenvalue weighted by Gasteiger charge is -2.41. The summed E-state index contributed by atoms with van der Waals surface area (Å²) in [6.07, 6.45) is 9.02. The topological polar surface area (TPSA) is 52.7 Å². The molecule has 1 atom stereocenters. The molecule has 1 aliphatic carbocycles. The molecule has 2 saturated heterocycles. The highest BCUT2D eigenvalue weighted by molar-refractivity contribution is 5.87. The predicted molar refractivity (Wildman–Crippen MR) is 92.6 cm³/mol. The van der Waals surface area contributed by atoms with Gasteiger partial charge in [-0.2, -0.15) is 0 Å². The van der Waals surface area contributed by atoms with Gasteiger partial charge in [0.25, 0.3) is 0 Å². The molecule has 1 saturated carbocycles. The molecule has 2 aliphatic heterocycles.